The molecule has 0 amide bonds. The third-order valence-corrected chi connectivity index (χ3v) is 3.02. The van der Waals surface area contributed by atoms with Crippen molar-refractivity contribution in [3.63, 3.8) is 0 Å². The quantitative estimate of drug-likeness (QED) is 0.387. The molecule has 78 valence electrons. The van der Waals surface area contributed by atoms with Crippen LogP contribution < -0.4 is 0 Å². The zero-order chi connectivity index (χ0) is 9.94. The Morgan fingerprint density at radius 2 is 1.54 bits per heavy atom. The predicted molar refractivity (Wildman–Crippen MR) is 59.7 cm³/mol. The van der Waals surface area contributed by atoms with Gasteiger partial charge in [-0.15, -0.1) is 0 Å². The van der Waals surface area contributed by atoms with Gasteiger partial charge in [0, 0.05) is 5.66 Å². The summed E-state index contributed by atoms with van der Waals surface area (Å²) < 4.78 is 10.4. The Hall–Kier alpha value is 0.100. The summed E-state index contributed by atoms with van der Waals surface area (Å²) in [5.41, 5.74) is 0.371. The summed E-state index contributed by atoms with van der Waals surface area (Å²) in [7, 11) is 0.320. The van der Waals surface area contributed by atoms with E-state index in [0.29, 0.717) is 14.1 Å². The highest BCUT2D eigenvalue weighted by atomic mass is 31.1. The van der Waals surface area contributed by atoms with Crippen LogP contribution >= 0.6 is 8.46 Å². The SMILES string of the molecule is CCCCCCCCCC(C)P=O. The van der Waals surface area contributed by atoms with Gasteiger partial charge in [0.1, 0.15) is 0 Å². The van der Waals surface area contributed by atoms with E-state index in [1.165, 1.54) is 44.9 Å². The van der Waals surface area contributed by atoms with Crippen LogP contribution in [0.15, 0.2) is 0 Å². The average Bonchev–Trinajstić information content (AvgIpc) is 2.16. The van der Waals surface area contributed by atoms with E-state index >= 15 is 0 Å². The Labute approximate surface area is 84.5 Å². The molecule has 1 unspecified atom stereocenters. The minimum Gasteiger partial charge on any atom is -0.275 e. The molecule has 0 saturated heterocycles. The number of hydrogen-bond acceptors (Lipinski definition) is 1. The number of hydrogen-bond donors (Lipinski definition) is 0. The van der Waals surface area contributed by atoms with Gasteiger partial charge in [-0.05, 0) is 6.42 Å². The molecule has 2 heteroatoms. The van der Waals surface area contributed by atoms with Gasteiger partial charge in [0.25, 0.3) is 0 Å². The first-order valence-electron chi connectivity index (χ1n) is 5.63. The third-order valence-electron chi connectivity index (χ3n) is 2.41. The normalized spacial score (nSPS) is 13.4. The van der Waals surface area contributed by atoms with Crippen molar-refractivity contribution >= 4 is 8.46 Å². The van der Waals surface area contributed by atoms with Gasteiger partial charge >= 0.3 is 0 Å². The fourth-order valence-electron chi connectivity index (χ4n) is 1.45. The molecule has 0 spiro atoms. The van der Waals surface area contributed by atoms with Crippen LogP contribution in [0.25, 0.3) is 0 Å². The maximum Gasteiger partial charge on any atom is 0.158 e. The fourth-order valence-corrected chi connectivity index (χ4v) is 1.74. The van der Waals surface area contributed by atoms with Crippen LogP contribution in [0, 0.1) is 0 Å². The molecular weight excluding hydrogens is 179 g/mol. The molecule has 0 fully saturated rings. The van der Waals surface area contributed by atoms with E-state index in [1.807, 2.05) is 6.92 Å². The lowest BCUT2D eigenvalue weighted by molar-refractivity contribution is 0.561. The van der Waals surface area contributed by atoms with Gasteiger partial charge in [-0.3, -0.25) is 4.57 Å². The molecule has 0 saturated carbocycles. The van der Waals surface area contributed by atoms with E-state index in [2.05, 4.69) is 6.92 Å². The Morgan fingerprint density at radius 1 is 1.00 bits per heavy atom. The zero-order valence-corrected chi connectivity index (χ0v) is 9.98. The highest BCUT2D eigenvalue weighted by molar-refractivity contribution is 7.24. The first kappa shape index (κ1) is 13.1. The van der Waals surface area contributed by atoms with Crippen molar-refractivity contribution in [1.82, 2.24) is 0 Å². The molecule has 0 radical (unpaired) electrons. The van der Waals surface area contributed by atoms with Crippen LogP contribution in [0.3, 0.4) is 0 Å². The van der Waals surface area contributed by atoms with Crippen molar-refractivity contribution in [2.75, 3.05) is 0 Å². The molecule has 0 N–H and O–H groups in total. The summed E-state index contributed by atoms with van der Waals surface area (Å²) in [5.74, 6) is 0. The Kier molecular flexibility index (Phi) is 10.3. The minimum atomic E-state index is 0.320. The van der Waals surface area contributed by atoms with E-state index in [1.54, 1.807) is 0 Å². The Bertz CT molecular complexity index is 115. The van der Waals surface area contributed by atoms with Gasteiger partial charge in [0.15, 0.2) is 8.46 Å². The van der Waals surface area contributed by atoms with Gasteiger partial charge < -0.3 is 0 Å². The smallest absolute Gasteiger partial charge is 0.158 e. The second-order valence-corrected chi connectivity index (χ2v) is 4.96. The molecule has 13 heavy (non-hydrogen) atoms. The summed E-state index contributed by atoms with van der Waals surface area (Å²) in [4.78, 5) is 0. The first-order chi connectivity index (χ1) is 6.31. The van der Waals surface area contributed by atoms with E-state index in [0.717, 1.165) is 6.42 Å². The highest BCUT2D eigenvalue weighted by Crippen LogP contribution is 2.15. The Balaban J connectivity index is 2.95. The van der Waals surface area contributed by atoms with Crippen molar-refractivity contribution in [3.05, 3.63) is 0 Å². The molecule has 0 aromatic carbocycles. The van der Waals surface area contributed by atoms with Crippen LogP contribution in [0.4, 0.5) is 0 Å². The summed E-state index contributed by atoms with van der Waals surface area (Å²) in [5, 5.41) is 0. The molecule has 1 atom stereocenters. The molecule has 0 aliphatic rings. The largest absolute Gasteiger partial charge is 0.275 e. The molecule has 0 heterocycles. The summed E-state index contributed by atoms with van der Waals surface area (Å²) in [6.07, 6.45) is 10.6. The van der Waals surface area contributed by atoms with E-state index in [9.17, 15) is 4.57 Å². The molecule has 0 aromatic rings. The van der Waals surface area contributed by atoms with Crippen LogP contribution in [-0.2, 0) is 4.57 Å². The highest BCUT2D eigenvalue weighted by Gasteiger charge is 1.99. The van der Waals surface area contributed by atoms with Crippen LogP contribution in [0.1, 0.15) is 65.2 Å². The van der Waals surface area contributed by atoms with Crippen molar-refractivity contribution in [2.45, 2.75) is 70.9 Å². The molecule has 0 bridgehead atoms. The molecule has 1 nitrogen and oxygen atoms in total. The average molecular weight is 202 g/mol. The topological polar surface area (TPSA) is 17.1 Å². The maximum absolute atomic E-state index is 10.4. The van der Waals surface area contributed by atoms with E-state index in [4.69, 9.17) is 0 Å². The summed E-state index contributed by atoms with van der Waals surface area (Å²) in [6.45, 7) is 4.29. The summed E-state index contributed by atoms with van der Waals surface area (Å²) in [6, 6.07) is 0. The molecular formula is C11H23OP. The van der Waals surface area contributed by atoms with Crippen molar-refractivity contribution in [2.24, 2.45) is 0 Å². The molecule has 0 rings (SSSR count). The standard InChI is InChI=1S/C11H23OP/c1-3-4-5-6-7-8-9-10-11(2)13-12/h11H,3-10H2,1-2H3. The third kappa shape index (κ3) is 10.0. The molecule has 0 aliphatic heterocycles. The van der Waals surface area contributed by atoms with Crippen LogP contribution in [-0.4, -0.2) is 5.66 Å². The maximum atomic E-state index is 10.4. The van der Waals surface area contributed by atoms with Gasteiger partial charge in [-0.1, -0.05) is 58.8 Å². The van der Waals surface area contributed by atoms with E-state index in [-0.39, 0.29) is 0 Å². The monoisotopic (exact) mass is 202 g/mol. The van der Waals surface area contributed by atoms with E-state index < -0.39 is 0 Å². The van der Waals surface area contributed by atoms with Crippen molar-refractivity contribution in [1.29, 1.82) is 0 Å². The second kappa shape index (κ2) is 10.2. The molecule has 0 aromatic heterocycles. The lowest BCUT2D eigenvalue weighted by Gasteiger charge is -2.02. The van der Waals surface area contributed by atoms with Gasteiger partial charge in [0.2, 0.25) is 0 Å². The van der Waals surface area contributed by atoms with Gasteiger partial charge in [-0.2, -0.15) is 0 Å². The van der Waals surface area contributed by atoms with Gasteiger partial charge in [0.05, 0.1) is 0 Å². The van der Waals surface area contributed by atoms with Crippen molar-refractivity contribution in [3.8, 4) is 0 Å². The lowest BCUT2D eigenvalue weighted by Crippen LogP contribution is -1.90. The fraction of sp³-hybridized carbons (Fsp3) is 1.00. The number of unbranched alkanes of at least 4 members (excludes halogenated alkanes) is 6. The zero-order valence-electron chi connectivity index (χ0n) is 9.09. The predicted octanol–water partition coefficient (Wildman–Crippen LogP) is 4.81. The summed E-state index contributed by atoms with van der Waals surface area (Å²) >= 11 is 0. The number of rotatable bonds is 9. The Morgan fingerprint density at radius 3 is 2.08 bits per heavy atom. The molecule has 0 aliphatic carbocycles. The second-order valence-electron chi connectivity index (χ2n) is 3.86. The minimum absolute atomic E-state index is 0.320. The first-order valence-corrected chi connectivity index (χ1v) is 6.52. The lowest BCUT2D eigenvalue weighted by atomic mass is 10.1. The van der Waals surface area contributed by atoms with Gasteiger partial charge in [-0.25, -0.2) is 0 Å². The van der Waals surface area contributed by atoms with Crippen LogP contribution in [0.2, 0.25) is 0 Å². The van der Waals surface area contributed by atoms with Crippen molar-refractivity contribution < 1.29 is 4.57 Å². The van der Waals surface area contributed by atoms with Crippen LogP contribution in [0.5, 0.6) is 0 Å².